The normalized spacial score (nSPS) is 9.91. The number of carbonyl (C=O) groups excluding carboxylic acids is 1. The first-order valence-electron chi connectivity index (χ1n) is 7.06. The lowest BCUT2D eigenvalue weighted by atomic mass is 10.2. The molecule has 1 amide bonds. The molecule has 0 aliphatic heterocycles. The van der Waals surface area contributed by atoms with Gasteiger partial charge in [-0.3, -0.25) is 4.79 Å². The Kier molecular flexibility index (Phi) is 7.95. The summed E-state index contributed by atoms with van der Waals surface area (Å²) in [5, 5.41) is 2.87. The van der Waals surface area contributed by atoms with Crippen LogP contribution in [0.15, 0.2) is 36.4 Å². The van der Waals surface area contributed by atoms with E-state index in [1.165, 1.54) is 11.3 Å². The fourth-order valence-corrected chi connectivity index (χ4v) is 2.95. The fourth-order valence-electron chi connectivity index (χ4n) is 1.92. The molecule has 4 nitrogen and oxygen atoms in total. The summed E-state index contributed by atoms with van der Waals surface area (Å²) >= 11 is 1.45. The molecular weight excluding hydrogens is 320 g/mol. The van der Waals surface area contributed by atoms with E-state index in [-0.39, 0.29) is 18.3 Å². The minimum absolute atomic E-state index is 0. The Morgan fingerprint density at radius 1 is 1.32 bits per heavy atom. The number of carbonyl (C=O) groups is 1. The molecule has 2 rings (SSSR count). The van der Waals surface area contributed by atoms with Crippen molar-refractivity contribution in [3.8, 4) is 16.2 Å². The van der Waals surface area contributed by atoms with Gasteiger partial charge in [0, 0.05) is 11.4 Å². The quantitative estimate of drug-likeness (QED) is 0.760. The maximum atomic E-state index is 12.2. The van der Waals surface area contributed by atoms with Gasteiger partial charge in [0.05, 0.1) is 6.61 Å². The van der Waals surface area contributed by atoms with Crippen LogP contribution >= 0.6 is 23.7 Å². The summed E-state index contributed by atoms with van der Waals surface area (Å²) in [4.78, 5) is 13.9. The summed E-state index contributed by atoms with van der Waals surface area (Å²) in [6.07, 6.45) is 0.770. The standard InChI is InChI=1S/C16H20N2O2S.ClH/c1-2-20-13-11-14(12-7-4-3-5-8-12)21-15(13)16(19)18-10-6-9-17;/h3-5,7-8,11H,2,6,9-10,17H2,1H3,(H,18,19);1H. The predicted molar refractivity (Wildman–Crippen MR) is 94.2 cm³/mol. The van der Waals surface area contributed by atoms with E-state index in [0.29, 0.717) is 30.3 Å². The van der Waals surface area contributed by atoms with Crippen molar-refractivity contribution in [2.45, 2.75) is 13.3 Å². The van der Waals surface area contributed by atoms with E-state index in [9.17, 15) is 4.79 Å². The lowest BCUT2D eigenvalue weighted by Crippen LogP contribution is -2.25. The van der Waals surface area contributed by atoms with Crippen molar-refractivity contribution in [3.05, 3.63) is 41.3 Å². The largest absolute Gasteiger partial charge is 0.492 e. The molecular formula is C16H21ClN2O2S. The van der Waals surface area contributed by atoms with E-state index in [1.54, 1.807) is 0 Å². The van der Waals surface area contributed by atoms with E-state index in [2.05, 4.69) is 5.32 Å². The third-order valence-electron chi connectivity index (χ3n) is 2.93. The molecule has 0 spiro atoms. The predicted octanol–water partition coefficient (Wildman–Crippen LogP) is 3.31. The highest BCUT2D eigenvalue weighted by Crippen LogP contribution is 2.36. The van der Waals surface area contributed by atoms with E-state index in [1.807, 2.05) is 43.3 Å². The van der Waals surface area contributed by atoms with Crippen LogP contribution in [0.3, 0.4) is 0 Å². The Bertz CT molecular complexity index is 587. The van der Waals surface area contributed by atoms with Crippen LogP contribution in [0, 0.1) is 0 Å². The van der Waals surface area contributed by atoms with Crippen molar-refractivity contribution in [3.63, 3.8) is 0 Å². The fraction of sp³-hybridized carbons (Fsp3) is 0.312. The average molecular weight is 341 g/mol. The van der Waals surface area contributed by atoms with Crippen molar-refractivity contribution in [1.29, 1.82) is 0 Å². The molecule has 1 aromatic heterocycles. The summed E-state index contributed by atoms with van der Waals surface area (Å²) in [5.41, 5.74) is 6.53. The highest BCUT2D eigenvalue weighted by atomic mass is 35.5. The van der Waals surface area contributed by atoms with Gasteiger partial charge in [-0.1, -0.05) is 30.3 Å². The van der Waals surface area contributed by atoms with Gasteiger partial charge in [0.1, 0.15) is 10.6 Å². The van der Waals surface area contributed by atoms with Gasteiger partial charge in [-0.25, -0.2) is 0 Å². The molecule has 3 N–H and O–H groups in total. The van der Waals surface area contributed by atoms with Gasteiger partial charge in [0.25, 0.3) is 5.91 Å². The van der Waals surface area contributed by atoms with Crippen LogP contribution in [0.4, 0.5) is 0 Å². The molecule has 0 saturated heterocycles. The first-order valence-corrected chi connectivity index (χ1v) is 7.88. The molecule has 0 aliphatic carbocycles. The number of nitrogens with two attached hydrogens (primary N) is 1. The smallest absolute Gasteiger partial charge is 0.265 e. The van der Waals surface area contributed by atoms with Crippen molar-refractivity contribution in [1.82, 2.24) is 5.32 Å². The van der Waals surface area contributed by atoms with Crippen LogP contribution in [0.2, 0.25) is 0 Å². The van der Waals surface area contributed by atoms with Gasteiger partial charge in [0.15, 0.2) is 0 Å². The summed E-state index contributed by atoms with van der Waals surface area (Å²) < 4.78 is 5.59. The van der Waals surface area contributed by atoms with Gasteiger partial charge in [-0.15, -0.1) is 23.7 Å². The van der Waals surface area contributed by atoms with Crippen molar-refractivity contribution < 1.29 is 9.53 Å². The second kappa shape index (κ2) is 9.46. The Morgan fingerprint density at radius 3 is 2.68 bits per heavy atom. The van der Waals surface area contributed by atoms with E-state index < -0.39 is 0 Å². The zero-order chi connectivity index (χ0) is 15.1. The van der Waals surface area contributed by atoms with Gasteiger partial charge in [-0.05, 0) is 31.5 Å². The van der Waals surface area contributed by atoms with Crippen molar-refractivity contribution in [2.75, 3.05) is 19.7 Å². The van der Waals surface area contributed by atoms with Crippen LogP contribution in [0.1, 0.15) is 23.0 Å². The Morgan fingerprint density at radius 2 is 2.05 bits per heavy atom. The van der Waals surface area contributed by atoms with E-state index in [4.69, 9.17) is 10.5 Å². The van der Waals surface area contributed by atoms with Crippen molar-refractivity contribution in [2.24, 2.45) is 5.73 Å². The third kappa shape index (κ3) is 4.73. The topological polar surface area (TPSA) is 64.3 Å². The summed E-state index contributed by atoms with van der Waals surface area (Å²) in [6.45, 7) is 3.60. The molecule has 0 fully saturated rings. The first-order chi connectivity index (χ1) is 10.3. The van der Waals surface area contributed by atoms with Gasteiger partial charge >= 0.3 is 0 Å². The lowest BCUT2D eigenvalue weighted by molar-refractivity contribution is 0.0954. The SMILES string of the molecule is CCOc1cc(-c2ccccc2)sc1C(=O)NCCCN.Cl. The molecule has 2 aromatic rings. The number of benzene rings is 1. The second-order valence-electron chi connectivity index (χ2n) is 4.50. The Hall–Kier alpha value is -1.56. The molecule has 0 radical (unpaired) electrons. The highest BCUT2D eigenvalue weighted by Gasteiger charge is 2.17. The zero-order valence-corrected chi connectivity index (χ0v) is 14.1. The van der Waals surface area contributed by atoms with Gasteiger partial charge in [-0.2, -0.15) is 0 Å². The molecule has 0 atom stereocenters. The van der Waals surface area contributed by atoms with Crippen LogP contribution < -0.4 is 15.8 Å². The molecule has 22 heavy (non-hydrogen) atoms. The lowest BCUT2D eigenvalue weighted by Gasteiger charge is -2.05. The van der Waals surface area contributed by atoms with Gasteiger partial charge < -0.3 is 15.8 Å². The number of ether oxygens (including phenoxy) is 1. The first kappa shape index (κ1) is 18.5. The molecule has 1 aromatic carbocycles. The average Bonchev–Trinajstić information content (AvgIpc) is 2.93. The number of halogens is 1. The molecule has 6 heteroatoms. The summed E-state index contributed by atoms with van der Waals surface area (Å²) in [6, 6.07) is 11.9. The minimum Gasteiger partial charge on any atom is -0.492 e. The van der Waals surface area contributed by atoms with Crippen LogP contribution in [0.5, 0.6) is 5.75 Å². The molecule has 0 saturated carbocycles. The maximum absolute atomic E-state index is 12.2. The maximum Gasteiger partial charge on any atom is 0.265 e. The van der Waals surface area contributed by atoms with Crippen LogP contribution in [-0.2, 0) is 0 Å². The number of nitrogens with one attached hydrogen (secondary N) is 1. The number of amides is 1. The number of thiophene rings is 1. The summed E-state index contributed by atoms with van der Waals surface area (Å²) in [7, 11) is 0. The monoisotopic (exact) mass is 340 g/mol. The van der Waals surface area contributed by atoms with E-state index in [0.717, 1.165) is 16.9 Å². The van der Waals surface area contributed by atoms with E-state index >= 15 is 0 Å². The van der Waals surface area contributed by atoms with Crippen LogP contribution in [0.25, 0.3) is 10.4 Å². The molecule has 0 bridgehead atoms. The Labute approximate surface area is 141 Å². The van der Waals surface area contributed by atoms with Gasteiger partial charge in [0.2, 0.25) is 0 Å². The molecule has 0 aliphatic rings. The zero-order valence-electron chi connectivity index (χ0n) is 12.5. The number of hydrogen-bond acceptors (Lipinski definition) is 4. The Balaban J connectivity index is 0.00000242. The molecule has 120 valence electrons. The number of hydrogen-bond donors (Lipinski definition) is 2. The second-order valence-corrected chi connectivity index (χ2v) is 5.55. The third-order valence-corrected chi connectivity index (χ3v) is 4.09. The highest BCUT2D eigenvalue weighted by molar-refractivity contribution is 7.17. The van der Waals surface area contributed by atoms with Crippen LogP contribution in [-0.4, -0.2) is 25.6 Å². The number of rotatable bonds is 7. The molecule has 0 unspecified atom stereocenters. The van der Waals surface area contributed by atoms with Crippen molar-refractivity contribution >= 4 is 29.7 Å². The summed E-state index contributed by atoms with van der Waals surface area (Å²) in [5.74, 6) is 0.547. The molecule has 1 heterocycles. The minimum atomic E-state index is -0.0981.